The lowest BCUT2D eigenvalue weighted by molar-refractivity contribution is -0.141. The number of nitrogens with one attached hydrogen (secondary N) is 1. The molecule has 44 heavy (non-hydrogen) atoms. The zero-order valence-corrected chi connectivity index (χ0v) is 29.4. The van der Waals surface area contributed by atoms with Crippen molar-refractivity contribution >= 4 is 17.9 Å². The molecule has 3 heterocycles. The van der Waals surface area contributed by atoms with E-state index in [-0.39, 0.29) is 57.6 Å². The van der Waals surface area contributed by atoms with Crippen LogP contribution in [0.2, 0.25) is 0 Å². The lowest BCUT2D eigenvalue weighted by atomic mass is 9.87. The average Bonchev–Trinajstić information content (AvgIpc) is 3.27. The van der Waals surface area contributed by atoms with E-state index in [0.717, 1.165) is 0 Å². The van der Waals surface area contributed by atoms with Crippen molar-refractivity contribution in [1.82, 2.24) is 15.1 Å². The van der Waals surface area contributed by atoms with Crippen LogP contribution in [0.3, 0.4) is 0 Å². The second-order valence-corrected chi connectivity index (χ2v) is 17.0. The maximum atomic E-state index is 13.6. The van der Waals surface area contributed by atoms with Gasteiger partial charge in [0.2, 0.25) is 0 Å². The van der Waals surface area contributed by atoms with Crippen molar-refractivity contribution in [2.24, 2.45) is 17.8 Å². The smallest absolute Gasteiger partial charge is 0.316 e. The topological polar surface area (TPSA) is 97.4 Å². The third-order valence-corrected chi connectivity index (χ3v) is 11.3. The molecule has 3 fully saturated rings. The highest BCUT2D eigenvalue weighted by atomic mass is 16.6. The predicted octanol–water partition coefficient (Wildman–Crippen LogP) is 5.59. The normalized spacial score (nSPS) is 29.7. The van der Waals surface area contributed by atoms with Crippen molar-refractivity contribution < 1.29 is 28.6 Å². The Kier molecular flexibility index (Phi) is 8.44. The van der Waals surface area contributed by atoms with Gasteiger partial charge in [0, 0.05) is 51.4 Å². The zero-order chi connectivity index (χ0) is 33.4. The molecule has 0 radical (unpaired) electrons. The lowest BCUT2D eigenvalue weighted by Gasteiger charge is -2.37. The van der Waals surface area contributed by atoms with Crippen LogP contribution in [0.5, 0.6) is 17.2 Å². The number of carbonyl (C=O) groups is 3. The van der Waals surface area contributed by atoms with Gasteiger partial charge in [0.05, 0.1) is 17.8 Å². The molecule has 0 spiro atoms. The van der Waals surface area contributed by atoms with E-state index >= 15 is 0 Å². The van der Waals surface area contributed by atoms with Gasteiger partial charge in [0.15, 0.2) is 0 Å². The summed E-state index contributed by atoms with van der Waals surface area (Å²) in [4.78, 5) is 45.2. The maximum Gasteiger partial charge on any atom is 0.316 e. The molecule has 3 aliphatic rings. The molecule has 0 amide bonds. The number of ether oxygens (including phenoxy) is 3. The minimum Gasteiger partial charge on any atom is -0.426 e. The van der Waals surface area contributed by atoms with Crippen LogP contribution in [0.4, 0.5) is 0 Å². The molecule has 3 atom stereocenters. The fourth-order valence-electron chi connectivity index (χ4n) is 7.98. The summed E-state index contributed by atoms with van der Waals surface area (Å²) in [7, 11) is 4.05. The summed E-state index contributed by atoms with van der Waals surface area (Å²) in [6.45, 7) is 24.7. The highest BCUT2D eigenvalue weighted by molar-refractivity contribution is 5.80. The second kappa shape index (κ2) is 10.8. The van der Waals surface area contributed by atoms with Gasteiger partial charge >= 0.3 is 17.9 Å². The fraction of sp³-hybridized carbons (Fsp3) is 0.743. The Morgan fingerprint density at radius 1 is 0.591 bits per heavy atom. The zero-order valence-electron chi connectivity index (χ0n) is 29.4. The number of nitrogens with zero attached hydrogens (tertiary/aromatic N) is 2. The molecule has 0 saturated carbocycles. The third kappa shape index (κ3) is 6.29. The molecule has 3 aliphatic heterocycles. The molecule has 1 aromatic rings. The van der Waals surface area contributed by atoms with Gasteiger partial charge in [-0.05, 0) is 116 Å². The van der Waals surface area contributed by atoms with Crippen LogP contribution in [-0.4, -0.2) is 75.0 Å². The van der Waals surface area contributed by atoms with Gasteiger partial charge in [0.25, 0.3) is 0 Å². The van der Waals surface area contributed by atoms with E-state index in [1.54, 1.807) is 0 Å². The standard InChI is InChI=1S/C35H55N3O6/c1-30(2)18-24(33(7,8)36-30)27(39)42-21-15-22(43-28(40)25-19-31(3,4)37(13)34(25,9)10)17-23(16-21)44-29(41)26-20-32(5,6)38(14)35(26,11)12/h15-17,24-26,36H,18-20H2,1-14H3. The van der Waals surface area contributed by atoms with Gasteiger partial charge < -0.3 is 19.5 Å². The van der Waals surface area contributed by atoms with Crippen molar-refractivity contribution in [2.75, 3.05) is 14.1 Å². The van der Waals surface area contributed by atoms with Crippen molar-refractivity contribution in [1.29, 1.82) is 0 Å². The Morgan fingerprint density at radius 3 is 1.16 bits per heavy atom. The van der Waals surface area contributed by atoms with E-state index < -0.39 is 28.5 Å². The highest BCUT2D eigenvalue weighted by Gasteiger charge is 2.54. The van der Waals surface area contributed by atoms with Crippen LogP contribution in [0.15, 0.2) is 18.2 Å². The van der Waals surface area contributed by atoms with E-state index in [1.165, 1.54) is 18.2 Å². The first-order chi connectivity index (χ1) is 19.8. The lowest BCUT2D eigenvalue weighted by Crippen LogP contribution is -2.48. The summed E-state index contributed by atoms with van der Waals surface area (Å²) in [6.07, 6.45) is 1.87. The van der Waals surface area contributed by atoms with E-state index in [4.69, 9.17) is 14.2 Å². The molecular formula is C35H55N3O6. The van der Waals surface area contributed by atoms with Crippen LogP contribution < -0.4 is 19.5 Å². The van der Waals surface area contributed by atoms with Crippen molar-refractivity contribution in [3.8, 4) is 17.2 Å². The summed E-state index contributed by atoms with van der Waals surface area (Å²) >= 11 is 0. The fourth-order valence-corrected chi connectivity index (χ4v) is 7.98. The van der Waals surface area contributed by atoms with Crippen LogP contribution in [0, 0.1) is 17.8 Å². The SMILES string of the molecule is CN1C(C)(C)CC(C(=O)Oc2cc(OC(=O)C3CC(C)(C)NC3(C)C)cc(OC(=O)C3CC(C)(C)N(C)C3(C)C)c2)C1(C)C. The van der Waals surface area contributed by atoms with Gasteiger partial charge in [-0.3, -0.25) is 24.2 Å². The number of rotatable bonds is 6. The van der Waals surface area contributed by atoms with Crippen LogP contribution >= 0.6 is 0 Å². The van der Waals surface area contributed by atoms with E-state index in [0.29, 0.717) is 19.3 Å². The van der Waals surface area contributed by atoms with Crippen LogP contribution in [0.25, 0.3) is 0 Å². The molecule has 4 rings (SSSR count). The van der Waals surface area contributed by atoms with Crippen molar-refractivity contribution in [3.63, 3.8) is 0 Å². The first-order valence-corrected chi connectivity index (χ1v) is 15.9. The molecule has 246 valence electrons. The largest absolute Gasteiger partial charge is 0.426 e. The first kappa shape index (κ1) is 34.4. The summed E-state index contributed by atoms with van der Waals surface area (Å²) in [5.41, 5.74) is -1.93. The molecular weight excluding hydrogens is 558 g/mol. The Hall–Kier alpha value is -2.49. The minimum atomic E-state index is -0.472. The molecule has 0 aliphatic carbocycles. The van der Waals surface area contributed by atoms with Crippen molar-refractivity contribution in [2.45, 2.75) is 136 Å². The molecule has 3 saturated heterocycles. The Balaban J connectivity index is 1.64. The molecule has 0 aromatic heterocycles. The van der Waals surface area contributed by atoms with E-state index in [2.05, 4.69) is 56.7 Å². The molecule has 9 heteroatoms. The van der Waals surface area contributed by atoms with E-state index in [1.807, 2.05) is 55.6 Å². The van der Waals surface area contributed by atoms with Crippen LogP contribution in [0.1, 0.15) is 102 Å². The van der Waals surface area contributed by atoms with Gasteiger partial charge in [-0.2, -0.15) is 0 Å². The molecule has 3 unspecified atom stereocenters. The molecule has 1 N–H and O–H groups in total. The number of hydrogen-bond donors (Lipinski definition) is 1. The summed E-state index contributed by atoms with van der Waals surface area (Å²) in [6, 6.07) is 4.59. The van der Waals surface area contributed by atoms with Gasteiger partial charge in [-0.25, -0.2) is 0 Å². The number of likely N-dealkylation sites (tertiary alicyclic amines) is 2. The molecule has 0 bridgehead atoms. The number of esters is 3. The quantitative estimate of drug-likeness (QED) is 0.325. The number of benzene rings is 1. The second-order valence-electron chi connectivity index (χ2n) is 17.0. The number of hydrogen-bond acceptors (Lipinski definition) is 9. The van der Waals surface area contributed by atoms with Crippen molar-refractivity contribution in [3.05, 3.63) is 18.2 Å². The van der Waals surface area contributed by atoms with Gasteiger partial charge in [-0.1, -0.05) is 0 Å². The molecule has 9 nitrogen and oxygen atoms in total. The van der Waals surface area contributed by atoms with Crippen LogP contribution in [-0.2, 0) is 14.4 Å². The Labute approximate surface area is 264 Å². The summed E-state index contributed by atoms with van der Waals surface area (Å²) in [5.74, 6) is -1.83. The first-order valence-electron chi connectivity index (χ1n) is 15.9. The van der Waals surface area contributed by atoms with Gasteiger partial charge in [0.1, 0.15) is 17.2 Å². The maximum absolute atomic E-state index is 13.6. The Morgan fingerprint density at radius 2 is 0.909 bits per heavy atom. The minimum absolute atomic E-state index is 0.162. The number of carbonyl (C=O) groups excluding carboxylic acids is 3. The third-order valence-electron chi connectivity index (χ3n) is 11.3. The average molecular weight is 614 g/mol. The summed E-state index contributed by atoms with van der Waals surface area (Å²) in [5, 5.41) is 3.51. The monoisotopic (exact) mass is 613 g/mol. The Bertz CT molecular complexity index is 1260. The van der Waals surface area contributed by atoms with E-state index in [9.17, 15) is 14.4 Å². The van der Waals surface area contributed by atoms with Gasteiger partial charge in [-0.15, -0.1) is 0 Å². The molecule has 1 aromatic carbocycles. The summed E-state index contributed by atoms with van der Waals surface area (Å²) < 4.78 is 17.9. The highest BCUT2D eigenvalue weighted by Crippen LogP contribution is 2.46. The predicted molar refractivity (Wildman–Crippen MR) is 171 cm³/mol.